The summed E-state index contributed by atoms with van der Waals surface area (Å²) >= 11 is 3.71. The number of para-hydroxylation sites is 2. The predicted octanol–water partition coefficient (Wildman–Crippen LogP) is 6.47. The molecule has 1 heterocycles. The topological polar surface area (TPSA) is 87.3 Å². The standard InChI is InChI=1S/C30H31BrN2O6/c1-35-24-14-18(19(31)15-25(24)36-2)29-28-22(32-20-8-6-7-9-21(20)33-29)10-16(11-23(28)34)17-12-26(37-3)30(39-5)27(13-17)38-4/h6-9,12-16,29,32-33H,10-11H2,1-5H3/t16-,29+/m1/s1. The Balaban J connectivity index is 1.63. The highest BCUT2D eigenvalue weighted by molar-refractivity contribution is 9.10. The molecule has 0 radical (unpaired) electrons. The number of ether oxygens (including phenoxy) is 5. The van der Waals surface area contributed by atoms with Crippen molar-refractivity contribution in [1.82, 2.24) is 0 Å². The number of methoxy groups -OCH3 is 5. The molecule has 2 atom stereocenters. The maximum absolute atomic E-state index is 14.0. The van der Waals surface area contributed by atoms with Crippen molar-refractivity contribution in [3.8, 4) is 28.7 Å². The molecule has 204 valence electrons. The van der Waals surface area contributed by atoms with Gasteiger partial charge in [0.1, 0.15) is 0 Å². The van der Waals surface area contributed by atoms with E-state index in [0.29, 0.717) is 47.2 Å². The number of allylic oxidation sites excluding steroid dienone is 1. The van der Waals surface area contributed by atoms with Crippen LogP contribution in [-0.2, 0) is 4.79 Å². The molecular formula is C30H31BrN2O6. The van der Waals surface area contributed by atoms with E-state index in [9.17, 15) is 4.79 Å². The Hall–Kier alpha value is -3.85. The Labute approximate surface area is 236 Å². The summed E-state index contributed by atoms with van der Waals surface area (Å²) < 4.78 is 28.6. The summed E-state index contributed by atoms with van der Waals surface area (Å²) in [5.74, 6) is 2.80. The van der Waals surface area contributed by atoms with Gasteiger partial charge in [-0.1, -0.05) is 28.1 Å². The molecule has 2 N–H and O–H groups in total. The monoisotopic (exact) mass is 594 g/mol. The first kappa shape index (κ1) is 26.7. The second-order valence-electron chi connectivity index (χ2n) is 9.36. The second-order valence-corrected chi connectivity index (χ2v) is 10.2. The molecule has 9 heteroatoms. The van der Waals surface area contributed by atoms with Crippen molar-refractivity contribution >= 4 is 33.1 Å². The summed E-state index contributed by atoms with van der Waals surface area (Å²) in [4.78, 5) is 14.0. The van der Waals surface area contributed by atoms with E-state index < -0.39 is 6.04 Å². The summed E-state index contributed by atoms with van der Waals surface area (Å²) in [6.45, 7) is 0. The molecule has 39 heavy (non-hydrogen) atoms. The van der Waals surface area contributed by atoms with Crippen LogP contribution in [0.2, 0.25) is 0 Å². The minimum absolute atomic E-state index is 0.0505. The molecule has 0 saturated heterocycles. The number of fused-ring (bicyclic) bond motifs is 1. The normalized spacial score (nSPS) is 18.2. The smallest absolute Gasteiger partial charge is 0.203 e. The van der Waals surface area contributed by atoms with Crippen LogP contribution in [0.3, 0.4) is 0 Å². The van der Waals surface area contributed by atoms with Crippen molar-refractivity contribution in [2.24, 2.45) is 0 Å². The van der Waals surface area contributed by atoms with E-state index in [2.05, 4.69) is 26.6 Å². The average molecular weight is 595 g/mol. The number of Topliss-reactive ketones (excluding diaryl/α,β-unsaturated/α-hetero) is 1. The van der Waals surface area contributed by atoms with Crippen molar-refractivity contribution in [2.75, 3.05) is 46.2 Å². The minimum Gasteiger partial charge on any atom is -0.493 e. The summed E-state index contributed by atoms with van der Waals surface area (Å²) in [6, 6.07) is 15.2. The third-order valence-electron chi connectivity index (χ3n) is 7.28. The first-order chi connectivity index (χ1) is 18.9. The highest BCUT2D eigenvalue weighted by Crippen LogP contribution is 2.49. The largest absolute Gasteiger partial charge is 0.493 e. The minimum atomic E-state index is -0.418. The van der Waals surface area contributed by atoms with Crippen molar-refractivity contribution in [3.63, 3.8) is 0 Å². The number of anilines is 2. The van der Waals surface area contributed by atoms with Gasteiger partial charge in [-0.2, -0.15) is 0 Å². The van der Waals surface area contributed by atoms with Crippen molar-refractivity contribution in [3.05, 3.63) is 75.4 Å². The van der Waals surface area contributed by atoms with E-state index in [4.69, 9.17) is 23.7 Å². The molecular weight excluding hydrogens is 564 g/mol. The second kappa shape index (κ2) is 11.1. The van der Waals surface area contributed by atoms with Crippen LogP contribution in [0.25, 0.3) is 0 Å². The molecule has 0 fully saturated rings. The van der Waals surface area contributed by atoms with Gasteiger partial charge in [0, 0.05) is 22.2 Å². The molecule has 0 saturated carbocycles. The molecule has 3 aromatic carbocycles. The number of rotatable bonds is 7. The Morgan fingerprint density at radius 2 is 1.38 bits per heavy atom. The van der Waals surface area contributed by atoms with E-state index in [1.807, 2.05) is 48.5 Å². The fourth-order valence-corrected chi connectivity index (χ4v) is 5.94. The molecule has 0 aromatic heterocycles. The molecule has 0 unspecified atom stereocenters. The van der Waals surface area contributed by atoms with Gasteiger partial charge in [-0.05, 0) is 59.9 Å². The number of ketones is 1. The lowest BCUT2D eigenvalue weighted by Gasteiger charge is -2.31. The Bertz CT molecular complexity index is 1430. The number of halogens is 1. The number of benzene rings is 3. The molecule has 1 aliphatic heterocycles. The zero-order chi connectivity index (χ0) is 27.7. The van der Waals surface area contributed by atoms with Gasteiger partial charge in [0.25, 0.3) is 0 Å². The van der Waals surface area contributed by atoms with Crippen LogP contribution < -0.4 is 34.3 Å². The van der Waals surface area contributed by atoms with Gasteiger partial charge in [0.15, 0.2) is 28.8 Å². The number of hydrogen-bond acceptors (Lipinski definition) is 8. The summed E-state index contributed by atoms with van der Waals surface area (Å²) in [5, 5.41) is 7.20. The van der Waals surface area contributed by atoms with Gasteiger partial charge >= 0.3 is 0 Å². The Kier molecular flexibility index (Phi) is 7.61. The third-order valence-corrected chi connectivity index (χ3v) is 7.97. The third kappa shape index (κ3) is 4.87. The predicted molar refractivity (Wildman–Crippen MR) is 154 cm³/mol. The van der Waals surface area contributed by atoms with Crippen molar-refractivity contribution in [2.45, 2.75) is 24.8 Å². The van der Waals surface area contributed by atoms with Crippen LogP contribution in [0.5, 0.6) is 28.7 Å². The molecule has 2 aliphatic rings. The van der Waals surface area contributed by atoms with E-state index in [1.54, 1.807) is 35.5 Å². The van der Waals surface area contributed by atoms with Crippen molar-refractivity contribution in [1.29, 1.82) is 0 Å². The summed E-state index contributed by atoms with van der Waals surface area (Å²) in [7, 11) is 7.96. The average Bonchev–Trinajstić information content (AvgIpc) is 3.12. The van der Waals surface area contributed by atoms with Gasteiger partial charge in [0.2, 0.25) is 5.75 Å². The summed E-state index contributed by atoms with van der Waals surface area (Å²) in [6.07, 6.45) is 0.954. The molecule has 1 aliphatic carbocycles. The van der Waals surface area contributed by atoms with Crippen LogP contribution in [0.15, 0.2) is 64.3 Å². The summed E-state index contributed by atoms with van der Waals surface area (Å²) in [5.41, 5.74) is 5.19. The molecule has 5 rings (SSSR count). The van der Waals surface area contributed by atoms with Crippen LogP contribution in [0, 0.1) is 0 Å². The fourth-order valence-electron chi connectivity index (χ4n) is 5.39. The first-order valence-corrected chi connectivity index (χ1v) is 13.3. The quantitative estimate of drug-likeness (QED) is 0.322. The SMILES string of the molecule is COc1cc(Br)c([C@@H]2Nc3ccccc3NC3=C2C(=O)C[C@H](c2cc(OC)c(OC)c(OC)c2)C3)cc1OC. The highest BCUT2D eigenvalue weighted by atomic mass is 79.9. The zero-order valence-electron chi connectivity index (χ0n) is 22.5. The van der Waals surface area contributed by atoms with Gasteiger partial charge in [-0.25, -0.2) is 0 Å². The lowest BCUT2D eigenvalue weighted by atomic mass is 9.78. The van der Waals surface area contributed by atoms with E-state index in [0.717, 1.165) is 32.7 Å². The van der Waals surface area contributed by atoms with Gasteiger partial charge < -0.3 is 34.3 Å². The van der Waals surface area contributed by atoms with Gasteiger partial charge in [-0.3, -0.25) is 4.79 Å². The van der Waals surface area contributed by atoms with Crippen LogP contribution in [-0.4, -0.2) is 41.3 Å². The molecule has 3 aromatic rings. The van der Waals surface area contributed by atoms with Gasteiger partial charge in [-0.15, -0.1) is 0 Å². The maximum Gasteiger partial charge on any atom is 0.203 e. The Morgan fingerprint density at radius 1 is 0.769 bits per heavy atom. The Morgan fingerprint density at radius 3 is 2.00 bits per heavy atom. The first-order valence-electron chi connectivity index (χ1n) is 12.5. The van der Waals surface area contributed by atoms with Gasteiger partial charge in [0.05, 0.1) is 53.0 Å². The molecule has 0 amide bonds. The number of carbonyl (C=O) groups excluding carboxylic acids is 1. The van der Waals surface area contributed by atoms with Crippen LogP contribution in [0.1, 0.15) is 35.9 Å². The van der Waals surface area contributed by atoms with E-state index in [1.165, 1.54) is 0 Å². The fraction of sp³-hybridized carbons (Fsp3) is 0.300. The maximum atomic E-state index is 14.0. The molecule has 0 spiro atoms. The van der Waals surface area contributed by atoms with Crippen LogP contribution in [0.4, 0.5) is 11.4 Å². The number of carbonyl (C=O) groups is 1. The number of nitrogens with one attached hydrogen (secondary N) is 2. The van der Waals surface area contributed by atoms with E-state index >= 15 is 0 Å². The van der Waals surface area contributed by atoms with E-state index in [-0.39, 0.29) is 11.7 Å². The highest BCUT2D eigenvalue weighted by Gasteiger charge is 2.37. The number of hydrogen-bond donors (Lipinski definition) is 2. The molecule has 0 bridgehead atoms. The lowest BCUT2D eigenvalue weighted by Crippen LogP contribution is -2.27. The van der Waals surface area contributed by atoms with Crippen molar-refractivity contribution < 1.29 is 28.5 Å². The van der Waals surface area contributed by atoms with Crippen LogP contribution >= 0.6 is 15.9 Å². The zero-order valence-corrected chi connectivity index (χ0v) is 24.1. The lowest BCUT2D eigenvalue weighted by molar-refractivity contribution is -0.116. The molecule has 8 nitrogen and oxygen atoms in total.